The molecule has 0 radical (unpaired) electrons. The summed E-state index contributed by atoms with van der Waals surface area (Å²) in [5.74, 6) is -1.43. The Morgan fingerprint density at radius 2 is 2.07 bits per heavy atom. The highest BCUT2D eigenvalue weighted by Crippen LogP contribution is 2.38. The molecule has 3 rings (SSSR count). The molecule has 1 amide bonds. The Labute approximate surface area is 171 Å². The first kappa shape index (κ1) is 21.2. The maximum Gasteiger partial charge on any atom is 0.341 e. The van der Waals surface area contributed by atoms with Crippen molar-refractivity contribution in [2.24, 2.45) is 0 Å². The van der Waals surface area contributed by atoms with Crippen LogP contribution in [0.2, 0.25) is 0 Å². The molecular weight excluding hydrogens is 418 g/mol. The molecule has 156 valence electrons. The summed E-state index contributed by atoms with van der Waals surface area (Å²) in [4.78, 5) is 37.5. The van der Waals surface area contributed by atoms with Gasteiger partial charge in [-0.2, -0.15) is 5.10 Å². The molecule has 3 heterocycles. The van der Waals surface area contributed by atoms with Crippen LogP contribution in [0.25, 0.3) is 0 Å². The number of nitrogens with zero attached hydrogens (tertiary/aromatic N) is 2. The second-order valence-corrected chi connectivity index (χ2v) is 9.79. The number of amides is 1. The number of hydrogen-bond acceptors (Lipinski definition) is 8. The Balaban J connectivity index is 1.97. The number of hydrogen-bond donors (Lipinski definition) is 1. The van der Waals surface area contributed by atoms with Crippen molar-refractivity contribution in [1.29, 1.82) is 0 Å². The van der Waals surface area contributed by atoms with Crippen LogP contribution >= 0.6 is 11.3 Å². The largest absolute Gasteiger partial charge is 0.462 e. The molecule has 0 saturated heterocycles. The molecule has 0 fully saturated rings. The van der Waals surface area contributed by atoms with Crippen molar-refractivity contribution in [2.75, 3.05) is 17.7 Å². The fraction of sp³-hybridized carbons (Fsp3) is 0.444. The predicted molar refractivity (Wildman–Crippen MR) is 108 cm³/mol. The third-order valence-corrected chi connectivity index (χ3v) is 7.23. The monoisotopic (exact) mass is 439 g/mol. The standard InChI is InChI=1S/C18H21N3O6S2/c1-3-8-21-14(22)6-5-12(20-21)16(23)19-17-15(18(24)27-4-2)11-7-9-29(25,26)10-13(11)28-17/h5-6H,3-4,7-10H2,1-2H3,(H,19,23). The van der Waals surface area contributed by atoms with Gasteiger partial charge in [0.1, 0.15) is 10.7 Å². The van der Waals surface area contributed by atoms with Crippen LogP contribution in [-0.4, -0.2) is 42.4 Å². The van der Waals surface area contributed by atoms with Gasteiger partial charge in [0.2, 0.25) is 0 Å². The van der Waals surface area contributed by atoms with E-state index in [-0.39, 0.29) is 46.4 Å². The summed E-state index contributed by atoms with van der Waals surface area (Å²) in [5, 5.41) is 6.93. The molecule has 29 heavy (non-hydrogen) atoms. The topological polar surface area (TPSA) is 124 Å². The molecule has 0 unspecified atom stereocenters. The van der Waals surface area contributed by atoms with Crippen LogP contribution in [0.4, 0.5) is 5.00 Å². The van der Waals surface area contributed by atoms with Gasteiger partial charge in [-0.25, -0.2) is 17.9 Å². The van der Waals surface area contributed by atoms with E-state index in [0.29, 0.717) is 23.4 Å². The van der Waals surface area contributed by atoms with Crippen molar-refractivity contribution in [3.63, 3.8) is 0 Å². The van der Waals surface area contributed by atoms with Crippen molar-refractivity contribution < 1.29 is 22.7 Å². The molecule has 0 bridgehead atoms. The van der Waals surface area contributed by atoms with Crippen LogP contribution in [0.5, 0.6) is 0 Å². The first-order valence-electron chi connectivity index (χ1n) is 9.17. The minimum atomic E-state index is -3.24. The van der Waals surface area contributed by atoms with Gasteiger partial charge in [-0.3, -0.25) is 9.59 Å². The lowest BCUT2D eigenvalue weighted by atomic mass is 10.1. The van der Waals surface area contributed by atoms with Gasteiger partial charge < -0.3 is 10.1 Å². The fourth-order valence-electron chi connectivity index (χ4n) is 3.04. The SMILES string of the molecule is CCCn1nc(C(=O)Nc2sc3c(c2C(=O)OCC)CCS(=O)(=O)C3)ccc1=O. The third kappa shape index (κ3) is 4.56. The predicted octanol–water partition coefficient (Wildman–Crippen LogP) is 1.61. The van der Waals surface area contributed by atoms with E-state index in [1.54, 1.807) is 6.92 Å². The van der Waals surface area contributed by atoms with E-state index in [1.807, 2.05) is 6.92 Å². The van der Waals surface area contributed by atoms with E-state index >= 15 is 0 Å². The number of aromatic nitrogens is 2. The summed E-state index contributed by atoms with van der Waals surface area (Å²) in [7, 11) is -3.24. The highest BCUT2D eigenvalue weighted by molar-refractivity contribution is 7.90. The van der Waals surface area contributed by atoms with Gasteiger partial charge in [0.05, 0.1) is 23.7 Å². The number of aryl methyl sites for hydroxylation is 1. The van der Waals surface area contributed by atoms with Crippen molar-refractivity contribution in [3.05, 3.63) is 44.2 Å². The highest BCUT2D eigenvalue weighted by Gasteiger charge is 2.32. The van der Waals surface area contributed by atoms with Gasteiger partial charge in [-0.15, -0.1) is 11.3 Å². The third-order valence-electron chi connectivity index (χ3n) is 4.35. The molecule has 2 aromatic heterocycles. The number of rotatable bonds is 6. The summed E-state index contributed by atoms with van der Waals surface area (Å²) in [6, 6.07) is 2.57. The quantitative estimate of drug-likeness (QED) is 0.678. The highest BCUT2D eigenvalue weighted by atomic mass is 32.2. The van der Waals surface area contributed by atoms with Crippen LogP contribution in [0, 0.1) is 0 Å². The fourth-order valence-corrected chi connectivity index (χ4v) is 6.07. The normalized spacial score (nSPS) is 14.8. The van der Waals surface area contributed by atoms with Crippen molar-refractivity contribution in [1.82, 2.24) is 9.78 Å². The minimum Gasteiger partial charge on any atom is -0.462 e. The first-order valence-corrected chi connectivity index (χ1v) is 11.8. The molecule has 1 N–H and O–H groups in total. The van der Waals surface area contributed by atoms with Crippen LogP contribution < -0.4 is 10.9 Å². The lowest BCUT2D eigenvalue weighted by Gasteiger charge is -2.13. The molecule has 1 aliphatic rings. The Morgan fingerprint density at radius 1 is 1.31 bits per heavy atom. The minimum absolute atomic E-state index is 0.0202. The first-order chi connectivity index (χ1) is 13.8. The zero-order valence-electron chi connectivity index (χ0n) is 16.1. The van der Waals surface area contributed by atoms with Gasteiger partial charge in [0.15, 0.2) is 9.84 Å². The van der Waals surface area contributed by atoms with Crippen LogP contribution in [0.1, 0.15) is 51.6 Å². The molecule has 0 aromatic carbocycles. The molecule has 1 aliphatic heterocycles. The van der Waals surface area contributed by atoms with Crippen molar-refractivity contribution in [3.8, 4) is 0 Å². The maximum absolute atomic E-state index is 12.7. The molecule has 0 atom stereocenters. The van der Waals surface area contributed by atoms with E-state index in [4.69, 9.17) is 4.74 Å². The van der Waals surface area contributed by atoms with Crippen molar-refractivity contribution >= 4 is 38.1 Å². The number of thiophene rings is 1. The summed E-state index contributed by atoms with van der Waals surface area (Å²) >= 11 is 1.05. The average Bonchev–Trinajstić information content (AvgIpc) is 2.99. The Kier molecular flexibility index (Phi) is 6.18. The maximum atomic E-state index is 12.7. The van der Waals surface area contributed by atoms with Gasteiger partial charge in [0.25, 0.3) is 11.5 Å². The lowest BCUT2D eigenvalue weighted by Crippen LogP contribution is -2.26. The number of fused-ring (bicyclic) bond motifs is 1. The van der Waals surface area contributed by atoms with Crippen LogP contribution in [0.3, 0.4) is 0 Å². The molecule has 0 spiro atoms. The number of carbonyl (C=O) groups is 2. The number of ether oxygens (including phenoxy) is 1. The molecule has 9 nitrogen and oxygen atoms in total. The van der Waals surface area contributed by atoms with Gasteiger partial charge in [0, 0.05) is 17.5 Å². The van der Waals surface area contributed by atoms with Crippen LogP contribution in [-0.2, 0) is 33.3 Å². The second-order valence-electron chi connectivity index (χ2n) is 6.50. The molecule has 11 heteroatoms. The van der Waals surface area contributed by atoms with E-state index in [2.05, 4.69) is 10.4 Å². The summed E-state index contributed by atoms with van der Waals surface area (Å²) < 4.78 is 30.2. The summed E-state index contributed by atoms with van der Waals surface area (Å²) in [5.41, 5.74) is 0.499. The summed E-state index contributed by atoms with van der Waals surface area (Å²) in [6.45, 7) is 4.08. The Morgan fingerprint density at radius 3 is 2.76 bits per heavy atom. The van der Waals surface area contributed by atoms with Gasteiger partial charge >= 0.3 is 5.97 Å². The number of sulfone groups is 1. The van der Waals surface area contributed by atoms with Gasteiger partial charge in [-0.05, 0) is 31.4 Å². The Hall–Kier alpha value is -2.53. The van der Waals surface area contributed by atoms with Crippen molar-refractivity contribution in [2.45, 2.75) is 39.0 Å². The number of carbonyl (C=O) groups excluding carboxylic acids is 2. The van der Waals surface area contributed by atoms with E-state index < -0.39 is 21.7 Å². The zero-order valence-corrected chi connectivity index (χ0v) is 17.7. The number of esters is 1. The van der Waals surface area contributed by atoms with E-state index in [0.717, 1.165) is 11.3 Å². The Bertz CT molecular complexity index is 1120. The molecule has 0 aliphatic carbocycles. The van der Waals surface area contributed by atoms with E-state index in [9.17, 15) is 22.8 Å². The van der Waals surface area contributed by atoms with E-state index in [1.165, 1.54) is 16.8 Å². The smallest absolute Gasteiger partial charge is 0.341 e. The number of nitrogens with one attached hydrogen (secondary N) is 1. The van der Waals surface area contributed by atoms with Crippen LogP contribution in [0.15, 0.2) is 16.9 Å². The molecular formula is C18H21N3O6S2. The average molecular weight is 440 g/mol. The second kappa shape index (κ2) is 8.46. The van der Waals surface area contributed by atoms with Gasteiger partial charge in [-0.1, -0.05) is 6.92 Å². The lowest BCUT2D eigenvalue weighted by molar-refractivity contribution is 0.0527. The molecule has 0 saturated carbocycles. The summed E-state index contributed by atoms with van der Waals surface area (Å²) in [6.07, 6.45) is 0.870. The number of anilines is 1. The molecule has 2 aromatic rings. The zero-order chi connectivity index (χ0) is 21.2.